The molecule has 4 aliphatic rings. The Morgan fingerprint density at radius 2 is 1.92 bits per heavy atom. The molecule has 1 unspecified atom stereocenters. The Balaban J connectivity index is 2.06. The number of ketones is 2. The lowest BCUT2D eigenvalue weighted by Gasteiger charge is -2.48. The van der Waals surface area contributed by atoms with E-state index in [0.717, 1.165) is 24.8 Å². The second kappa shape index (κ2) is 5.41. The van der Waals surface area contributed by atoms with E-state index in [1.54, 1.807) is 13.0 Å². The van der Waals surface area contributed by atoms with E-state index in [1.807, 2.05) is 11.8 Å². The first-order valence-corrected chi connectivity index (χ1v) is 9.35. The predicted molar refractivity (Wildman–Crippen MR) is 96.1 cm³/mol. The molecule has 2 heterocycles. The number of amides is 1. The zero-order valence-electron chi connectivity index (χ0n) is 15.7. The van der Waals surface area contributed by atoms with Gasteiger partial charge in [-0.15, -0.1) is 6.58 Å². The van der Waals surface area contributed by atoms with Gasteiger partial charge in [-0.2, -0.15) is 0 Å². The van der Waals surface area contributed by atoms with Crippen LogP contribution in [0.25, 0.3) is 0 Å². The van der Waals surface area contributed by atoms with Crippen molar-refractivity contribution in [1.82, 2.24) is 4.90 Å². The number of carbonyl (C=O) groups is 3. The van der Waals surface area contributed by atoms with E-state index < -0.39 is 11.0 Å². The van der Waals surface area contributed by atoms with Gasteiger partial charge in [-0.3, -0.25) is 14.4 Å². The van der Waals surface area contributed by atoms with Crippen molar-refractivity contribution in [2.75, 3.05) is 7.11 Å². The van der Waals surface area contributed by atoms with E-state index in [9.17, 15) is 14.4 Å². The quantitative estimate of drug-likeness (QED) is 0.715. The molecule has 138 valence electrons. The Kier molecular flexibility index (Phi) is 3.59. The van der Waals surface area contributed by atoms with Gasteiger partial charge < -0.3 is 9.64 Å². The van der Waals surface area contributed by atoms with E-state index in [0.29, 0.717) is 29.7 Å². The monoisotopic (exact) mass is 355 g/mol. The fourth-order valence-corrected chi connectivity index (χ4v) is 6.11. The molecule has 3 atom stereocenters. The number of hydrogen-bond acceptors (Lipinski definition) is 4. The smallest absolute Gasteiger partial charge is 0.223 e. The number of nitrogens with zero attached hydrogens (tertiary/aromatic N) is 1. The maximum Gasteiger partial charge on any atom is 0.223 e. The Hall–Kier alpha value is -2.17. The number of methoxy groups -OCH3 is 1. The molecule has 2 aliphatic heterocycles. The summed E-state index contributed by atoms with van der Waals surface area (Å²) in [5.74, 6) is 0.416. The van der Waals surface area contributed by atoms with E-state index in [-0.39, 0.29) is 29.9 Å². The van der Waals surface area contributed by atoms with Crippen LogP contribution in [0.3, 0.4) is 0 Å². The predicted octanol–water partition coefficient (Wildman–Crippen LogP) is 2.86. The minimum atomic E-state index is -1.10. The summed E-state index contributed by atoms with van der Waals surface area (Å²) in [6.07, 6.45) is 5.24. The average molecular weight is 355 g/mol. The standard InChI is InChI=1S/C21H25NO4/c1-5-14-9-10-21-15(7-6-8-17(24)22(14)21)12(2)18(25)20(21)11-16(23)13(3)19(20)26-4/h5,14H,1,6-11H2,2-4H3/t14-,20?,21-/m0/s1. The van der Waals surface area contributed by atoms with Crippen molar-refractivity contribution in [2.24, 2.45) is 5.41 Å². The van der Waals surface area contributed by atoms with Crippen LogP contribution in [-0.4, -0.2) is 41.1 Å². The molecule has 0 saturated carbocycles. The maximum atomic E-state index is 13.6. The minimum Gasteiger partial charge on any atom is -0.499 e. The van der Waals surface area contributed by atoms with Crippen LogP contribution in [-0.2, 0) is 19.1 Å². The molecule has 4 rings (SSSR count). The average Bonchev–Trinajstić information content (AvgIpc) is 3.14. The molecule has 0 N–H and O–H groups in total. The first kappa shape index (κ1) is 17.3. The third-order valence-electron chi connectivity index (χ3n) is 7.07. The van der Waals surface area contributed by atoms with Gasteiger partial charge in [0.25, 0.3) is 0 Å². The fourth-order valence-electron chi connectivity index (χ4n) is 6.11. The molecular formula is C21H25NO4. The molecule has 2 spiro atoms. The first-order valence-electron chi connectivity index (χ1n) is 9.35. The Morgan fingerprint density at radius 3 is 2.58 bits per heavy atom. The Bertz CT molecular complexity index is 820. The van der Waals surface area contributed by atoms with Gasteiger partial charge in [-0.25, -0.2) is 0 Å². The summed E-state index contributed by atoms with van der Waals surface area (Å²) < 4.78 is 5.69. The number of allylic oxidation sites excluding steroid dienone is 2. The van der Waals surface area contributed by atoms with E-state index >= 15 is 0 Å². The Morgan fingerprint density at radius 1 is 1.19 bits per heavy atom. The van der Waals surface area contributed by atoms with E-state index in [2.05, 4.69) is 6.58 Å². The summed E-state index contributed by atoms with van der Waals surface area (Å²) in [5.41, 5.74) is 0.392. The molecule has 2 fully saturated rings. The number of ether oxygens (including phenoxy) is 1. The van der Waals surface area contributed by atoms with Gasteiger partial charge in [0.15, 0.2) is 11.6 Å². The van der Waals surface area contributed by atoms with Gasteiger partial charge in [0.05, 0.1) is 18.7 Å². The molecule has 2 saturated heterocycles. The normalized spacial score (nSPS) is 36.8. The summed E-state index contributed by atoms with van der Waals surface area (Å²) >= 11 is 0. The van der Waals surface area contributed by atoms with Crippen LogP contribution in [0, 0.1) is 5.41 Å². The van der Waals surface area contributed by atoms with Crippen molar-refractivity contribution in [2.45, 2.75) is 64.0 Å². The molecule has 5 nitrogen and oxygen atoms in total. The molecule has 0 radical (unpaired) electrons. The van der Waals surface area contributed by atoms with Gasteiger partial charge in [0.1, 0.15) is 11.2 Å². The third kappa shape index (κ3) is 1.65. The molecule has 0 aromatic heterocycles. The molecule has 0 bridgehead atoms. The van der Waals surface area contributed by atoms with Crippen LogP contribution < -0.4 is 0 Å². The van der Waals surface area contributed by atoms with Gasteiger partial charge in [0.2, 0.25) is 5.91 Å². The zero-order valence-corrected chi connectivity index (χ0v) is 15.7. The van der Waals surface area contributed by atoms with Crippen LogP contribution in [0.4, 0.5) is 0 Å². The number of rotatable bonds is 2. The fraction of sp³-hybridized carbons (Fsp3) is 0.571. The molecule has 0 aromatic carbocycles. The molecule has 2 aliphatic carbocycles. The van der Waals surface area contributed by atoms with Gasteiger partial charge >= 0.3 is 0 Å². The van der Waals surface area contributed by atoms with Gasteiger partial charge in [-0.05, 0) is 50.7 Å². The van der Waals surface area contributed by atoms with E-state index in [1.165, 1.54) is 7.11 Å². The van der Waals surface area contributed by atoms with Crippen molar-refractivity contribution < 1.29 is 19.1 Å². The van der Waals surface area contributed by atoms with Crippen molar-refractivity contribution in [3.63, 3.8) is 0 Å². The summed E-state index contributed by atoms with van der Waals surface area (Å²) in [4.78, 5) is 41.3. The first-order chi connectivity index (χ1) is 12.4. The van der Waals surface area contributed by atoms with Crippen LogP contribution in [0.2, 0.25) is 0 Å². The Labute approximate surface area is 153 Å². The largest absolute Gasteiger partial charge is 0.499 e. The van der Waals surface area contributed by atoms with Crippen molar-refractivity contribution >= 4 is 17.5 Å². The van der Waals surface area contributed by atoms with Crippen molar-refractivity contribution in [1.29, 1.82) is 0 Å². The topological polar surface area (TPSA) is 63.7 Å². The lowest BCUT2D eigenvalue weighted by Crippen LogP contribution is -2.60. The third-order valence-corrected chi connectivity index (χ3v) is 7.07. The highest BCUT2D eigenvalue weighted by molar-refractivity contribution is 6.15. The molecular weight excluding hydrogens is 330 g/mol. The van der Waals surface area contributed by atoms with Crippen LogP contribution in [0.5, 0.6) is 0 Å². The lowest BCUT2D eigenvalue weighted by molar-refractivity contribution is -0.144. The SMILES string of the molecule is C=C[C@H]1CC[C@]23C(=C(C)C(=O)C24CC(=O)C(C)=C4OC)CCCC(=O)N13. The molecule has 5 heteroatoms. The number of Topliss-reactive ketones (excluding diaryl/α,β-unsaturated/α-hetero) is 2. The number of hydrogen-bond donors (Lipinski definition) is 0. The molecule has 0 aromatic rings. The summed E-state index contributed by atoms with van der Waals surface area (Å²) in [7, 11) is 1.53. The highest BCUT2D eigenvalue weighted by atomic mass is 16.5. The van der Waals surface area contributed by atoms with Crippen LogP contribution in [0.1, 0.15) is 52.4 Å². The summed E-state index contributed by atoms with van der Waals surface area (Å²) in [6, 6.07) is -0.111. The van der Waals surface area contributed by atoms with Crippen LogP contribution in [0.15, 0.2) is 35.1 Å². The second-order valence-corrected chi connectivity index (χ2v) is 7.92. The van der Waals surface area contributed by atoms with E-state index in [4.69, 9.17) is 4.74 Å². The van der Waals surface area contributed by atoms with Crippen molar-refractivity contribution in [3.8, 4) is 0 Å². The lowest BCUT2D eigenvalue weighted by atomic mass is 9.64. The molecule has 26 heavy (non-hydrogen) atoms. The highest BCUT2D eigenvalue weighted by Crippen LogP contribution is 2.66. The number of carbonyl (C=O) groups excluding carboxylic acids is 3. The minimum absolute atomic E-state index is 0.0426. The summed E-state index contributed by atoms with van der Waals surface area (Å²) in [5, 5.41) is 0. The highest BCUT2D eigenvalue weighted by Gasteiger charge is 2.74. The second-order valence-electron chi connectivity index (χ2n) is 7.92. The molecule has 1 amide bonds. The van der Waals surface area contributed by atoms with Gasteiger partial charge in [0, 0.05) is 18.4 Å². The maximum absolute atomic E-state index is 13.6. The van der Waals surface area contributed by atoms with Crippen molar-refractivity contribution in [3.05, 3.63) is 35.1 Å². The van der Waals surface area contributed by atoms with Crippen LogP contribution >= 0.6 is 0 Å². The summed E-state index contributed by atoms with van der Waals surface area (Å²) in [6.45, 7) is 7.51. The zero-order chi connectivity index (χ0) is 18.9. The van der Waals surface area contributed by atoms with Gasteiger partial charge in [-0.1, -0.05) is 6.08 Å².